The molecule has 4 nitrogen and oxygen atoms in total. The Morgan fingerprint density at radius 1 is 1.33 bits per heavy atom. The molecule has 1 N–H and O–H groups in total. The lowest BCUT2D eigenvalue weighted by Gasteiger charge is -2.28. The van der Waals surface area contributed by atoms with Crippen LogP contribution in [0.2, 0.25) is 0 Å². The molecule has 21 heavy (non-hydrogen) atoms. The number of hydrogen-bond donors (Lipinski definition) is 1. The summed E-state index contributed by atoms with van der Waals surface area (Å²) in [6.45, 7) is 9.27. The summed E-state index contributed by atoms with van der Waals surface area (Å²) in [5, 5.41) is 3.43. The van der Waals surface area contributed by atoms with Gasteiger partial charge in [0.15, 0.2) is 0 Å². The van der Waals surface area contributed by atoms with Crippen molar-refractivity contribution < 1.29 is 4.74 Å². The molecule has 2 rings (SSSR count). The van der Waals surface area contributed by atoms with Crippen molar-refractivity contribution in [2.75, 3.05) is 26.7 Å². The molecule has 0 aromatic carbocycles. The Kier molecular flexibility index (Phi) is 6.61. The summed E-state index contributed by atoms with van der Waals surface area (Å²) in [7, 11) is 2.17. The highest BCUT2D eigenvalue weighted by Gasteiger charge is 2.16. The topological polar surface area (TPSA) is 37.4 Å². The van der Waals surface area contributed by atoms with Crippen LogP contribution in [0.15, 0.2) is 18.3 Å². The molecule has 0 atom stereocenters. The Hall–Kier alpha value is -0.970. The smallest absolute Gasteiger partial charge is 0.0891 e. The third-order valence-corrected chi connectivity index (χ3v) is 3.90. The van der Waals surface area contributed by atoms with Gasteiger partial charge in [0.25, 0.3) is 0 Å². The van der Waals surface area contributed by atoms with Gasteiger partial charge in [-0.3, -0.25) is 4.98 Å². The maximum absolute atomic E-state index is 5.97. The molecule has 0 saturated carbocycles. The Labute approximate surface area is 128 Å². The third kappa shape index (κ3) is 6.12. The summed E-state index contributed by atoms with van der Waals surface area (Å²) >= 11 is 0. The number of nitrogens with one attached hydrogen (secondary N) is 1. The molecule has 0 spiro atoms. The molecular weight excluding hydrogens is 262 g/mol. The van der Waals surface area contributed by atoms with Gasteiger partial charge in [0.05, 0.1) is 18.4 Å². The van der Waals surface area contributed by atoms with E-state index in [-0.39, 0.29) is 0 Å². The molecule has 1 fully saturated rings. The minimum absolute atomic E-state index is 0.399. The SMILES string of the molecule is CC(C)CNCc1ccc(COC2CCN(C)CC2)nc1. The molecule has 1 aliphatic rings. The van der Waals surface area contributed by atoms with Gasteiger partial charge in [0.2, 0.25) is 0 Å². The number of ether oxygens (including phenoxy) is 1. The van der Waals surface area contributed by atoms with Gasteiger partial charge >= 0.3 is 0 Å². The number of pyridine rings is 1. The highest BCUT2D eigenvalue weighted by molar-refractivity contribution is 5.13. The molecule has 0 amide bonds. The number of nitrogens with zero attached hydrogens (tertiary/aromatic N) is 2. The summed E-state index contributed by atoms with van der Waals surface area (Å²) < 4.78 is 5.97. The fraction of sp³-hybridized carbons (Fsp3) is 0.706. The van der Waals surface area contributed by atoms with Crippen molar-refractivity contribution in [3.8, 4) is 0 Å². The van der Waals surface area contributed by atoms with E-state index in [1.165, 1.54) is 5.56 Å². The minimum Gasteiger partial charge on any atom is -0.372 e. The zero-order valence-electron chi connectivity index (χ0n) is 13.6. The summed E-state index contributed by atoms with van der Waals surface area (Å²) in [5.41, 5.74) is 2.26. The van der Waals surface area contributed by atoms with Gasteiger partial charge in [0.1, 0.15) is 0 Å². The van der Waals surface area contributed by atoms with E-state index in [9.17, 15) is 0 Å². The van der Waals surface area contributed by atoms with Crippen LogP contribution in [0.1, 0.15) is 37.9 Å². The van der Waals surface area contributed by atoms with E-state index in [0.717, 1.165) is 44.7 Å². The molecule has 4 heteroatoms. The van der Waals surface area contributed by atoms with E-state index >= 15 is 0 Å². The molecule has 0 aliphatic carbocycles. The molecule has 118 valence electrons. The largest absolute Gasteiger partial charge is 0.372 e. The highest BCUT2D eigenvalue weighted by Crippen LogP contribution is 2.14. The molecular formula is C17H29N3O. The zero-order valence-corrected chi connectivity index (χ0v) is 13.6. The van der Waals surface area contributed by atoms with Crippen molar-refractivity contribution in [2.24, 2.45) is 5.92 Å². The predicted molar refractivity (Wildman–Crippen MR) is 86.1 cm³/mol. The van der Waals surface area contributed by atoms with Crippen LogP contribution in [0.25, 0.3) is 0 Å². The fourth-order valence-electron chi connectivity index (χ4n) is 2.51. The van der Waals surface area contributed by atoms with Gasteiger partial charge in [-0.05, 0) is 44.0 Å². The van der Waals surface area contributed by atoms with Crippen molar-refractivity contribution in [3.05, 3.63) is 29.6 Å². The predicted octanol–water partition coefficient (Wildman–Crippen LogP) is 2.44. The number of likely N-dealkylation sites (tertiary alicyclic amines) is 1. The molecule has 1 aromatic rings. The van der Waals surface area contributed by atoms with Crippen molar-refractivity contribution >= 4 is 0 Å². The molecule has 1 aromatic heterocycles. The second-order valence-corrected chi connectivity index (χ2v) is 6.50. The molecule has 0 bridgehead atoms. The van der Waals surface area contributed by atoms with Crippen molar-refractivity contribution in [3.63, 3.8) is 0 Å². The number of aromatic nitrogens is 1. The standard InChI is InChI=1S/C17H29N3O/c1-14(2)10-18-11-15-4-5-16(19-12-15)13-21-17-6-8-20(3)9-7-17/h4-5,12,14,17-18H,6-11,13H2,1-3H3. The van der Waals surface area contributed by atoms with Crippen LogP contribution in [0.5, 0.6) is 0 Å². The first kappa shape index (κ1) is 16.4. The lowest BCUT2D eigenvalue weighted by Crippen LogP contribution is -2.34. The summed E-state index contributed by atoms with van der Waals surface area (Å²) in [4.78, 5) is 6.86. The Balaban J connectivity index is 1.69. The van der Waals surface area contributed by atoms with Crippen LogP contribution in [0.3, 0.4) is 0 Å². The Morgan fingerprint density at radius 3 is 2.71 bits per heavy atom. The maximum atomic E-state index is 5.97. The van der Waals surface area contributed by atoms with E-state index in [4.69, 9.17) is 4.74 Å². The maximum Gasteiger partial charge on any atom is 0.0891 e. The molecule has 0 unspecified atom stereocenters. The van der Waals surface area contributed by atoms with Crippen molar-refractivity contribution in [1.82, 2.24) is 15.2 Å². The fourth-order valence-corrected chi connectivity index (χ4v) is 2.51. The highest BCUT2D eigenvalue weighted by atomic mass is 16.5. The Morgan fingerprint density at radius 2 is 2.10 bits per heavy atom. The number of hydrogen-bond acceptors (Lipinski definition) is 4. The summed E-state index contributed by atoms with van der Waals surface area (Å²) in [6.07, 6.45) is 4.62. The van der Waals surface area contributed by atoms with E-state index in [0.29, 0.717) is 18.6 Å². The lowest BCUT2D eigenvalue weighted by molar-refractivity contribution is 0.000748. The molecule has 0 radical (unpaired) electrons. The van der Waals surface area contributed by atoms with Gasteiger partial charge in [-0.1, -0.05) is 19.9 Å². The third-order valence-electron chi connectivity index (χ3n) is 3.90. The average Bonchev–Trinajstić information content (AvgIpc) is 2.48. The Bertz CT molecular complexity index is 397. The molecule has 1 aliphatic heterocycles. The summed E-state index contributed by atoms with van der Waals surface area (Å²) in [5.74, 6) is 0.681. The van der Waals surface area contributed by atoms with Crippen LogP contribution >= 0.6 is 0 Å². The molecule has 2 heterocycles. The van der Waals surface area contributed by atoms with Crippen molar-refractivity contribution in [1.29, 1.82) is 0 Å². The molecule has 1 saturated heterocycles. The van der Waals surface area contributed by atoms with Gasteiger partial charge in [-0.25, -0.2) is 0 Å². The van der Waals surface area contributed by atoms with Crippen LogP contribution in [0, 0.1) is 5.92 Å². The first-order chi connectivity index (χ1) is 10.1. The van der Waals surface area contributed by atoms with Gasteiger partial charge in [-0.15, -0.1) is 0 Å². The number of piperidine rings is 1. The quantitative estimate of drug-likeness (QED) is 0.837. The summed E-state index contributed by atoms with van der Waals surface area (Å²) in [6, 6.07) is 4.23. The minimum atomic E-state index is 0.399. The average molecular weight is 291 g/mol. The van der Waals surface area contributed by atoms with E-state index in [1.807, 2.05) is 6.20 Å². The first-order valence-corrected chi connectivity index (χ1v) is 8.08. The monoisotopic (exact) mass is 291 g/mol. The van der Waals surface area contributed by atoms with E-state index < -0.39 is 0 Å². The van der Waals surface area contributed by atoms with Crippen LogP contribution < -0.4 is 5.32 Å². The van der Waals surface area contributed by atoms with Gasteiger partial charge < -0.3 is 15.0 Å². The van der Waals surface area contributed by atoms with Gasteiger partial charge in [-0.2, -0.15) is 0 Å². The second-order valence-electron chi connectivity index (χ2n) is 6.50. The normalized spacial score (nSPS) is 17.5. The van der Waals surface area contributed by atoms with Crippen molar-refractivity contribution in [2.45, 2.75) is 45.9 Å². The van der Waals surface area contributed by atoms with Crippen LogP contribution in [-0.2, 0) is 17.9 Å². The number of rotatable bonds is 7. The van der Waals surface area contributed by atoms with E-state index in [2.05, 4.69) is 48.2 Å². The first-order valence-electron chi connectivity index (χ1n) is 8.08. The van der Waals surface area contributed by atoms with E-state index in [1.54, 1.807) is 0 Å². The van der Waals surface area contributed by atoms with Crippen LogP contribution in [-0.4, -0.2) is 42.7 Å². The lowest BCUT2D eigenvalue weighted by atomic mass is 10.1. The van der Waals surface area contributed by atoms with Crippen LogP contribution in [0.4, 0.5) is 0 Å². The zero-order chi connectivity index (χ0) is 15.1. The van der Waals surface area contributed by atoms with Gasteiger partial charge in [0, 0.05) is 25.8 Å². The second kappa shape index (κ2) is 8.47.